The zero-order chi connectivity index (χ0) is 19.4. The summed E-state index contributed by atoms with van der Waals surface area (Å²) in [6, 6.07) is 1.82. The van der Waals surface area contributed by atoms with Crippen molar-refractivity contribution in [3.05, 3.63) is 27.8 Å². The number of carboxylic acids is 1. The molecule has 10 heteroatoms. The van der Waals surface area contributed by atoms with E-state index in [9.17, 15) is 9.59 Å². The number of nitrogens with one attached hydrogen (secondary N) is 1. The number of hydrogen-bond donors (Lipinski definition) is 2. The summed E-state index contributed by atoms with van der Waals surface area (Å²) in [7, 11) is 0. The maximum absolute atomic E-state index is 12.1. The van der Waals surface area contributed by atoms with Gasteiger partial charge < -0.3 is 20.1 Å². The number of likely N-dealkylation sites (tertiary alicyclic amines) is 1. The molecule has 2 N–H and O–H groups in total. The summed E-state index contributed by atoms with van der Waals surface area (Å²) in [6.45, 7) is 2.91. The molecule has 0 radical (unpaired) electrons. The summed E-state index contributed by atoms with van der Waals surface area (Å²) >= 11 is 4.88. The molecule has 1 aliphatic heterocycles. The van der Waals surface area contributed by atoms with Crippen LogP contribution in [0.4, 0.5) is 10.9 Å². The molecule has 0 saturated carbocycles. The number of amides is 1. The first-order valence-electron chi connectivity index (χ1n) is 8.41. The minimum Gasteiger partial charge on any atom is -0.485 e. The maximum Gasteiger partial charge on any atom is 0.303 e. The SMILES string of the molecule is Cc1csc(Nc2ncc(Br)cc2OC2CCN(C(=O)CCC(=O)O)C2)n1. The van der Waals surface area contributed by atoms with E-state index in [2.05, 4.69) is 31.2 Å². The Labute approximate surface area is 168 Å². The highest BCUT2D eigenvalue weighted by Gasteiger charge is 2.28. The van der Waals surface area contributed by atoms with E-state index >= 15 is 0 Å². The Balaban J connectivity index is 1.64. The molecule has 0 spiro atoms. The molecular formula is C17H19BrN4O4S. The molecule has 3 heterocycles. The Kier molecular flexibility index (Phi) is 6.27. The minimum atomic E-state index is -0.969. The molecule has 3 rings (SSSR count). The Morgan fingerprint density at radius 2 is 2.30 bits per heavy atom. The number of aryl methyl sites for hydroxylation is 1. The highest BCUT2D eigenvalue weighted by Crippen LogP contribution is 2.31. The lowest BCUT2D eigenvalue weighted by atomic mass is 10.3. The lowest BCUT2D eigenvalue weighted by molar-refractivity contribution is -0.140. The molecule has 1 atom stereocenters. The predicted octanol–water partition coefficient (Wildman–Crippen LogP) is 3.20. The number of carboxylic acid groups (broad SMARTS) is 1. The van der Waals surface area contributed by atoms with Crippen molar-refractivity contribution in [2.75, 3.05) is 18.4 Å². The number of pyridine rings is 1. The maximum atomic E-state index is 12.1. The monoisotopic (exact) mass is 454 g/mol. The number of ether oxygens (including phenoxy) is 1. The van der Waals surface area contributed by atoms with Crippen LogP contribution in [-0.4, -0.2) is 51.0 Å². The number of thiazole rings is 1. The molecule has 1 fully saturated rings. The summed E-state index contributed by atoms with van der Waals surface area (Å²) in [4.78, 5) is 33.1. The van der Waals surface area contributed by atoms with Crippen molar-refractivity contribution in [3.8, 4) is 5.75 Å². The van der Waals surface area contributed by atoms with Crippen molar-refractivity contribution >= 4 is 50.1 Å². The minimum absolute atomic E-state index is 0.0106. The predicted molar refractivity (Wildman–Crippen MR) is 105 cm³/mol. The molecule has 1 saturated heterocycles. The van der Waals surface area contributed by atoms with Gasteiger partial charge in [0.05, 0.1) is 18.7 Å². The molecule has 0 aliphatic carbocycles. The van der Waals surface area contributed by atoms with Crippen LogP contribution in [0.1, 0.15) is 25.0 Å². The molecule has 8 nitrogen and oxygen atoms in total. The highest BCUT2D eigenvalue weighted by atomic mass is 79.9. The van der Waals surface area contributed by atoms with Gasteiger partial charge in [0.2, 0.25) is 5.91 Å². The quantitative estimate of drug-likeness (QED) is 0.661. The first kappa shape index (κ1) is 19.6. The number of anilines is 2. The third-order valence-corrected chi connectivity index (χ3v) is 5.32. The van der Waals surface area contributed by atoms with Gasteiger partial charge in [-0.15, -0.1) is 11.3 Å². The summed E-state index contributed by atoms with van der Waals surface area (Å²) in [5.41, 5.74) is 0.924. The lowest BCUT2D eigenvalue weighted by Crippen LogP contribution is -2.31. The fourth-order valence-corrected chi connectivity index (χ4v) is 3.72. The van der Waals surface area contributed by atoms with Crippen molar-refractivity contribution < 1.29 is 19.4 Å². The van der Waals surface area contributed by atoms with Crippen molar-refractivity contribution in [1.82, 2.24) is 14.9 Å². The van der Waals surface area contributed by atoms with Crippen LogP contribution < -0.4 is 10.1 Å². The number of halogens is 1. The van der Waals surface area contributed by atoms with Crippen LogP contribution in [0.3, 0.4) is 0 Å². The van der Waals surface area contributed by atoms with Crippen LogP contribution >= 0.6 is 27.3 Å². The molecule has 1 amide bonds. The van der Waals surface area contributed by atoms with E-state index in [4.69, 9.17) is 9.84 Å². The van der Waals surface area contributed by atoms with Gasteiger partial charge >= 0.3 is 5.97 Å². The summed E-state index contributed by atoms with van der Waals surface area (Å²) in [5, 5.41) is 14.5. The molecule has 0 bridgehead atoms. The van der Waals surface area contributed by atoms with Gasteiger partial charge in [-0.25, -0.2) is 9.97 Å². The summed E-state index contributed by atoms with van der Waals surface area (Å²) in [5.74, 6) is 0.00133. The topological polar surface area (TPSA) is 105 Å². The van der Waals surface area contributed by atoms with Crippen molar-refractivity contribution in [1.29, 1.82) is 0 Å². The number of hydrogen-bond acceptors (Lipinski definition) is 7. The number of rotatable bonds is 7. The van der Waals surface area contributed by atoms with Gasteiger partial charge in [-0.2, -0.15) is 0 Å². The van der Waals surface area contributed by atoms with Gasteiger partial charge in [0.1, 0.15) is 6.10 Å². The highest BCUT2D eigenvalue weighted by molar-refractivity contribution is 9.10. The van der Waals surface area contributed by atoms with Crippen LogP contribution in [0.15, 0.2) is 22.1 Å². The van der Waals surface area contributed by atoms with E-state index in [-0.39, 0.29) is 24.9 Å². The molecule has 1 unspecified atom stereocenters. The fourth-order valence-electron chi connectivity index (χ4n) is 2.72. The second-order valence-electron chi connectivity index (χ2n) is 6.18. The van der Waals surface area contributed by atoms with Gasteiger partial charge in [-0.1, -0.05) is 0 Å². The van der Waals surface area contributed by atoms with Gasteiger partial charge in [0.25, 0.3) is 0 Å². The third kappa shape index (κ3) is 5.39. The van der Waals surface area contributed by atoms with Gasteiger partial charge in [-0.05, 0) is 28.9 Å². The lowest BCUT2D eigenvalue weighted by Gasteiger charge is -2.18. The van der Waals surface area contributed by atoms with Crippen LogP contribution in [0.2, 0.25) is 0 Å². The molecule has 144 valence electrons. The Bertz CT molecular complexity index is 844. The molecular weight excluding hydrogens is 436 g/mol. The number of carbonyl (C=O) groups excluding carboxylic acids is 1. The Morgan fingerprint density at radius 1 is 1.48 bits per heavy atom. The van der Waals surface area contributed by atoms with Gasteiger partial charge in [0, 0.05) is 35.4 Å². The van der Waals surface area contributed by atoms with E-state index in [0.717, 1.165) is 15.3 Å². The molecule has 1 aliphatic rings. The second-order valence-corrected chi connectivity index (χ2v) is 7.96. The third-order valence-electron chi connectivity index (χ3n) is 4.01. The fraction of sp³-hybridized carbons (Fsp3) is 0.412. The normalized spacial score (nSPS) is 16.4. The largest absolute Gasteiger partial charge is 0.485 e. The molecule has 0 aromatic carbocycles. The van der Waals surface area contributed by atoms with Gasteiger partial charge in [-0.3, -0.25) is 9.59 Å². The first-order chi connectivity index (χ1) is 12.9. The van der Waals surface area contributed by atoms with Crippen molar-refractivity contribution in [2.24, 2.45) is 0 Å². The zero-order valence-corrected chi connectivity index (χ0v) is 17.0. The summed E-state index contributed by atoms with van der Waals surface area (Å²) in [6.07, 6.45) is 2.04. The Hall–Kier alpha value is -2.20. The second kappa shape index (κ2) is 8.66. The average molecular weight is 455 g/mol. The average Bonchev–Trinajstić information content (AvgIpc) is 3.24. The molecule has 2 aromatic heterocycles. The van der Waals surface area contributed by atoms with Gasteiger partial charge in [0.15, 0.2) is 16.7 Å². The van der Waals surface area contributed by atoms with Crippen molar-refractivity contribution in [3.63, 3.8) is 0 Å². The number of aromatic nitrogens is 2. The number of aliphatic carboxylic acids is 1. The first-order valence-corrected chi connectivity index (χ1v) is 10.1. The molecule has 27 heavy (non-hydrogen) atoms. The van der Waals surface area contributed by atoms with E-state index in [1.807, 2.05) is 18.4 Å². The summed E-state index contributed by atoms with van der Waals surface area (Å²) < 4.78 is 6.87. The molecule has 2 aromatic rings. The standard InChI is InChI=1S/C17H19BrN4O4S/c1-10-9-27-17(20-10)21-16-13(6-11(18)7-19-16)26-12-4-5-22(8-12)14(23)2-3-15(24)25/h6-7,9,12H,2-5,8H2,1H3,(H,24,25)(H,19,20,21). The van der Waals surface area contributed by atoms with Crippen LogP contribution in [-0.2, 0) is 9.59 Å². The number of nitrogens with zero attached hydrogens (tertiary/aromatic N) is 3. The Morgan fingerprint density at radius 3 is 3.00 bits per heavy atom. The van der Waals surface area contributed by atoms with E-state index in [0.29, 0.717) is 31.1 Å². The number of carbonyl (C=O) groups is 2. The van der Waals surface area contributed by atoms with Crippen LogP contribution in [0.25, 0.3) is 0 Å². The van der Waals surface area contributed by atoms with Crippen molar-refractivity contribution in [2.45, 2.75) is 32.3 Å². The smallest absolute Gasteiger partial charge is 0.303 e. The van der Waals surface area contributed by atoms with E-state index < -0.39 is 5.97 Å². The van der Waals surface area contributed by atoms with E-state index in [1.165, 1.54) is 11.3 Å². The van der Waals surface area contributed by atoms with Crippen LogP contribution in [0.5, 0.6) is 5.75 Å². The zero-order valence-electron chi connectivity index (χ0n) is 14.6. The van der Waals surface area contributed by atoms with Crippen LogP contribution in [0, 0.1) is 6.92 Å². The van der Waals surface area contributed by atoms with E-state index in [1.54, 1.807) is 11.1 Å².